The SMILES string of the molecule is COc1cccc(-n2c(C)cc(C(=O)Nc3ccc(NC(=O)NC4CC4)cc3)c2C)c1. The number of ether oxygens (including phenoxy) is 1. The minimum atomic E-state index is -0.204. The summed E-state index contributed by atoms with van der Waals surface area (Å²) in [6.45, 7) is 3.89. The molecule has 0 bridgehead atoms. The number of nitrogens with zero attached hydrogens (tertiary/aromatic N) is 1. The first kappa shape index (κ1) is 20.5. The zero-order valence-corrected chi connectivity index (χ0v) is 17.9. The molecule has 160 valence electrons. The summed E-state index contributed by atoms with van der Waals surface area (Å²) < 4.78 is 7.35. The number of rotatable bonds is 6. The highest BCUT2D eigenvalue weighted by Crippen LogP contribution is 2.25. The molecule has 7 heteroatoms. The van der Waals surface area contributed by atoms with E-state index in [1.807, 2.05) is 48.7 Å². The van der Waals surface area contributed by atoms with E-state index in [1.54, 1.807) is 31.4 Å². The molecule has 1 fully saturated rings. The van der Waals surface area contributed by atoms with Gasteiger partial charge in [0.05, 0.1) is 12.7 Å². The summed E-state index contributed by atoms with van der Waals surface area (Å²) in [5.41, 5.74) is 4.67. The number of nitrogens with one attached hydrogen (secondary N) is 3. The number of urea groups is 1. The van der Waals surface area contributed by atoms with Crippen LogP contribution in [-0.4, -0.2) is 29.7 Å². The van der Waals surface area contributed by atoms with Crippen molar-refractivity contribution in [3.63, 3.8) is 0 Å². The minimum absolute atomic E-state index is 0.186. The smallest absolute Gasteiger partial charge is 0.319 e. The van der Waals surface area contributed by atoms with Crippen molar-refractivity contribution in [3.8, 4) is 11.4 Å². The van der Waals surface area contributed by atoms with E-state index >= 15 is 0 Å². The van der Waals surface area contributed by atoms with Crippen LogP contribution in [0.2, 0.25) is 0 Å². The first-order chi connectivity index (χ1) is 14.9. The number of carbonyl (C=O) groups excluding carboxylic acids is 2. The lowest BCUT2D eigenvalue weighted by Crippen LogP contribution is -2.30. The van der Waals surface area contributed by atoms with Gasteiger partial charge in [0, 0.05) is 40.6 Å². The molecule has 0 aliphatic heterocycles. The van der Waals surface area contributed by atoms with Crippen LogP contribution >= 0.6 is 0 Å². The highest BCUT2D eigenvalue weighted by atomic mass is 16.5. The molecule has 3 aromatic rings. The number of aryl methyl sites for hydroxylation is 1. The number of amides is 3. The second-order valence-electron chi connectivity index (χ2n) is 7.73. The zero-order valence-electron chi connectivity index (χ0n) is 17.9. The van der Waals surface area contributed by atoms with Crippen molar-refractivity contribution in [2.45, 2.75) is 32.7 Å². The molecule has 0 saturated heterocycles. The Kier molecular flexibility index (Phi) is 5.66. The van der Waals surface area contributed by atoms with E-state index in [4.69, 9.17) is 4.74 Å². The molecule has 7 nitrogen and oxygen atoms in total. The fourth-order valence-corrected chi connectivity index (χ4v) is 3.56. The van der Waals surface area contributed by atoms with Crippen LogP contribution in [0.1, 0.15) is 34.6 Å². The Balaban J connectivity index is 1.46. The van der Waals surface area contributed by atoms with E-state index in [2.05, 4.69) is 16.0 Å². The van der Waals surface area contributed by atoms with Gasteiger partial charge in [-0.15, -0.1) is 0 Å². The van der Waals surface area contributed by atoms with E-state index in [-0.39, 0.29) is 11.9 Å². The number of anilines is 2. The van der Waals surface area contributed by atoms with Crippen molar-refractivity contribution in [3.05, 3.63) is 71.5 Å². The molecule has 0 unspecified atom stereocenters. The van der Waals surface area contributed by atoms with Crippen LogP contribution in [0.25, 0.3) is 5.69 Å². The van der Waals surface area contributed by atoms with Gasteiger partial charge in [0.15, 0.2) is 0 Å². The highest BCUT2D eigenvalue weighted by molar-refractivity contribution is 6.05. The third kappa shape index (κ3) is 4.71. The highest BCUT2D eigenvalue weighted by Gasteiger charge is 2.23. The van der Waals surface area contributed by atoms with Crippen LogP contribution in [0.5, 0.6) is 5.75 Å². The summed E-state index contributed by atoms with van der Waals surface area (Å²) in [6, 6.07) is 16.8. The molecule has 1 heterocycles. The first-order valence-corrected chi connectivity index (χ1v) is 10.3. The number of hydrogen-bond donors (Lipinski definition) is 3. The number of hydrogen-bond acceptors (Lipinski definition) is 3. The second kappa shape index (κ2) is 8.55. The first-order valence-electron chi connectivity index (χ1n) is 10.3. The van der Waals surface area contributed by atoms with Crippen molar-refractivity contribution in [2.75, 3.05) is 17.7 Å². The van der Waals surface area contributed by atoms with Crippen LogP contribution in [-0.2, 0) is 0 Å². The van der Waals surface area contributed by atoms with Gasteiger partial charge >= 0.3 is 6.03 Å². The van der Waals surface area contributed by atoms with Gasteiger partial charge in [-0.05, 0) is 69.2 Å². The largest absolute Gasteiger partial charge is 0.497 e. The van der Waals surface area contributed by atoms with E-state index in [1.165, 1.54) is 0 Å². The van der Waals surface area contributed by atoms with Gasteiger partial charge in [0.1, 0.15) is 5.75 Å². The molecule has 1 aliphatic rings. The molecular weight excluding hydrogens is 392 g/mol. The third-order valence-corrected chi connectivity index (χ3v) is 5.30. The quantitative estimate of drug-likeness (QED) is 0.545. The molecule has 0 spiro atoms. The Bertz CT molecular complexity index is 1110. The van der Waals surface area contributed by atoms with Crippen molar-refractivity contribution in [1.29, 1.82) is 0 Å². The molecule has 0 radical (unpaired) electrons. The molecule has 4 rings (SSSR count). The van der Waals surface area contributed by atoms with E-state index < -0.39 is 0 Å². The standard InChI is InChI=1S/C24H26N4O3/c1-15-13-22(16(2)28(15)20-5-4-6-21(14-20)31-3)23(29)25-17-7-9-18(10-8-17)26-24(30)27-19-11-12-19/h4-10,13-14,19H,11-12H2,1-3H3,(H,25,29)(H2,26,27,30). The summed E-state index contributed by atoms with van der Waals surface area (Å²) in [5.74, 6) is 0.574. The van der Waals surface area contributed by atoms with Gasteiger partial charge in [0.2, 0.25) is 0 Å². The Labute approximate surface area is 181 Å². The van der Waals surface area contributed by atoms with Gasteiger partial charge in [-0.2, -0.15) is 0 Å². The molecule has 3 amide bonds. The number of methoxy groups -OCH3 is 1. The molecule has 2 aromatic carbocycles. The van der Waals surface area contributed by atoms with Crippen molar-refractivity contribution < 1.29 is 14.3 Å². The number of aromatic nitrogens is 1. The maximum Gasteiger partial charge on any atom is 0.319 e. The summed E-state index contributed by atoms with van der Waals surface area (Å²) in [6.07, 6.45) is 2.08. The van der Waals surface area contributed by atoms with Crippen molar-refractivity contribution in [2.24, 2.45) is 0 Å². The molecule has 1 saturated carbocycles. The van der Waals surface area contributed by atoms with Crippen molar-refractivity contribution >= 4 is 23.3 Å². The number of carbonyl (C=O) groups is 2. The predicted molar refractivity (Wildman–Crippen MR) is 121 cm³/mol. The third-order valence-electron chi connectivity index (χ3n) is 5.30. The molecular formula is C24H26N4O3. The van der Waals surface area contributed by atoms with Crippen LogP contribution in [0.3, 0.4) is 0 Å². The van der Waals surface area contributed by atoms with E-state index in [9.17, 15) is 9.59 Å². The van der Waals surface area contributed by atoms with Crippen molar-refractivity contribution in [1.82, 2.24) is 9.88 Å². The fourth-order valence-electron chi connectivity index (χ4n) is 3.56. The lowest BCUT2D eigenvalue weighted by Gasteiger charge is -2.12. The van der Waals surface area contributed by atoms with Crippen LogP contribution in [0.15, 0.2) is 54.6 Å². The van der Waals surface area contributed by atoms with Crippen LogP contribution in [0, 0.1) is 13.8 Å². The lowest BCUT2D eigenvalue weighted by atomic mass is 10.2. The van der Waals surface area contributed by atoms with E-state index in [0.29, 0.717) is 23.0 Å². The summed E-state index contributed by atoms with van der Waals surface area (Å²) >= 11 is 0. The topological polar surface area (TPSA) is 84.4 Å². The van der Waals surface area contributed by atoms with Gasteiger partial charge in [-0.1, -0.05) is 6.07 Å². The monoisotopic (exact) mass is 418 g/mol. The second-order valence-corrected chi connectivity index (χ2v) is 7.73. The summed E-state index contributed by atoms with van der Waals surface area (Å²) in [5, 5.41) is 8.60. The Morgan fingerprint density at radius 3 is 2.29 bits per heavy atom. The predicted octanol–water partition coefficient (Wildman–Crippen LogP) is 4.64. The average Bonchev–Trinajstić information content (AvgIpc) is 3.51. The maximum absolute atomic E-state index is 12.9. The number of benzene rings is 2. The molecule has 0 atom stereocenters. The molecule has 1 aromatic heterocycles. The van der Waals surface area contributed by atoms with E-state index in [0.717, 1.165) is 35.7 Å². The zero-order chi connectivity index (χ0) is 22.0. The summed E-state index contributed by atoms with van der Waals surface area (Å²) in [4.78, 5) is 24.8. The van der Waals surface area contributed by atoms with Crippen LogP contribution < -0.4 is 20.7 Å². The Morgan fingerprint density at radius 1 is 0.968 bits per heavy atom. The van der Waals surface area contributed by atoms with Gasteiger partial charge < -0.3 is 25.3 Å². The molecule has 31 heavy (non-hydrogen) atoms. The summed E-state index contributed by atoms with van der Waals surface area (Å²) in [7, 11) is 1.63. The van der Waals surface area contributed by atoms with Gasteiger partial charge in [-0.3, -0.25) is 4.79 Å². The average molecular weight is 418 g/mol. The fraction of sp³-hybridized carbons (Fsp3) is 0.250. The maximum atomic E-state index is 12.9. The Morgan fingerprint density at radius 2 is 1.65 bits per heavy atom. The molecule has 3 N–H and O–H groups in total. The van der Waals surface area contributed by atoms with Gasteiger partial charge in [-0.25, -0.2) is 4.79 Å². The lowest BCUT2D eigenvalue weighted by molar-refractivity contribution is 0.102. The molecule has 1 aliphatic carbocycles. The van der Waals surface area contributed by atoms with Gasteiger partial charge in [0.25, 0.3) is 5.91 Å². The normalized spacial score (nSPS) is 12.9. The minimum Gasteiger partial charge on any atom is -0.497 e. The van der Waals surface area contributed by atoms with Crippen LogP contribution in [0.4, 0.5) is 16.2 Å². The Hall–Kier alpha value is -3.74.